The van der Waals surface area contributed by atoms with Crippen molar-refractivity contribution in [3.8, 4) is 0 Å². The topological polar surface area (TPSA) is 46.1 Å². The quantitative estimate of drug-likeness (QED) is 0.158. The van der Waals surface area contributed by atoms with Crippen LogP contribution < -0.4 is 10.2 Å². The van der Waals surface area contributed by atoms with E-state index < -0.39 is 0 Å². The van der Waals surface area contributed by atoms with Gasteiger partial charge in [-0.2, -0.15) is 0 Å². The Morgan fingerprint density at radius 3 is 1.13 bits per heavy atom. The van der Waals surface area contributed by atoms with E-state index in [2.05, 4.69) is 13.8 Å². The van der Waals surface area contributed by atoms with Gasteiger partial charge in [0.1, 0.15) is 0 Å². The molecule has 0 saturated carbocycles. The van der Waals surface area contributed by atoms with Crippen LogP contribution in [0.4, 0.5) is 0 Å². The summed E-state index contributed by atoms with van der Waals surface area (Å²) in [5, 5.41) is 23.2. The number of hydrogen-bond donors (Lipinski definition) is 0. The van der Waals surface area contributed by atoms with E-state index in [1.165, 1.54) is 64.2 Å². The zero-order chi connectivity index (χ0) is 21.9. The molecule has 31 heavy (non-hydrogen) atoms. The van der Waals surface area contributed by atoms with Crippen molar-refractivity contribution in [2.45, 2.75) is 104 Å². The Balaban J connectivity index is 0.000000562. The molecule has 2 aliphatic rings. The van der Waals surface area contributed by atoms with E-state index in [1.807, 2.05) is 48.6 Å². The van der Waals surface area contributed by atoms with Crippen LogP contribution in [-0.2, 0) is 17.1 Å². The van der Waals surface area contributed by atoms with E-state index in [-0.39, 0.29) is 17.1 Å². The van der Waals surface area contributed by atoms with Gasteiger partial charge in [0.2, 0.25) is 0 Å². The van der Waals surface area contributed by atoms with E-state index in [9.17, 15) is 10.2 Å². The van der Waals surface area contributed by atoms with Crippen molar-refractivity contribution >= 4 is 0 Å². The third-order valence-electron chi connectivity index (χ3n) is 5.48. The Morgan fingerprint density at radius 1 is 0.516 bits per heavy atom. The van der Waals surface area contributed by atoms with Crippen LogP contribution in [0.2, 0.25) is 0 Å². The molecule has 0 bridgehead atoms. The minimum atomic E-state index is 0. The standard InChI is InChI=1S/2C14H22O.Fe/c2*1-2-3-4-5-6-7-12-14(15)13-10-8-9-11-13;/h2*8-11,15H,2-7,12H2,1H3;/q;;+2/p-2. The molecule has 0 fully saturated rings. The summed E-state index contributed by atoms with van der Waals surface area (Å²) in [5.41, 5.74) is 1.76. The predicted octanol–water partition coefficient (Wildman–Crippen LogP) is 6.95. The normalized spacial score (nSPS) is 13.4. The van der Waals surface area contributed by atoms with Crippen molar-refractivity contribution < 1.29 is 27.3 Å². The molecule has 0 aromatic heterocycles. The first kappa shape index (κ1) is 29.6. The van der Waals surface area contributed by atoms with E-state index in [4.69, 9.17) is 0 Å². The summed E-state index contributed by atoms with van der Waals surface area (Å²) < 4.78 is 0. The Labute approximate surface area is 202 Å². The molecule has 0 heterocycles. The second-order valence-electron chi connectivity index (χ2n) is 8.23. The van der Waals surface area contributed by atoms with Crippen LogP contribution in [-0.4, -0.2) is 0 Å². The monoisotopic (exact) mass is 466 g/mol. The van der Waals surface area contributed by atoms with Gasteiger partial charge in [-0.15, -0.1) is 11.5 Å². The maximum atomic E-state index is 11.6. The molecule has 0 saturated heterocycles. The van der Waals surface area contributed by atoms with Crippen LogP contribution >= 0.6 is 0 Å². The molecule has 0 aliphatic heterocycles. The van der Waals surface area contributed by atoms with Gasteiger partial charge in [-0.3, -0.25) is 0 Å². The first-order valence-electron chi connectivity index (χ1n) is 12.2. The number of rotatable bonds is 14. The van der Waals surface area contributed by atoms with Gasteiger partial charge in [0.25, 0.3) is 0 Å². The van der Waals surface area contributed by atoms with Crippen LogP contribution in [0.25, 0.3) is 0 Å². The Morgan fingerprint density at radius 2 is 0.806 bits per heavy atom. The second-order valence-corrected chi connectivity index (χ2v) is 8.23. The number of allylic oxidation sites excluding steroid dienone is 12. The van der Waals surface area contributed by atoms with Gasteiger partial charge < -0.3 is 10.2 Å². The molecule has 2 rings (SSSR count). The van der Waals surface area contributed by atoms with Crippen LogP contribution in [0.1, 0.15) is 104 Å². The van der Waals surface area contributed by atoms with Crippen LogP contribution in [0.3, 0.4) is 0 Å². The Bertz CT molecular complexity index is 551. The average Bonchev–Trinajstić information content (AvgIpc) is 3.47. The molecule has 3 heteroatoms. The zero-order valence-corrected chi connectivity index (χ0v) is 20.8. The predicted molar refractivity (Wildman–Crippen MR) is 127 cm³/mol. The fourth-order valence-corrected chi connectivity index (χ4v) is 3.54. The third-order valence-corrected chi connectivity index (χ3v) is 5.48. The summed E-state index contributed by atoms with van der Waals surface area (Å²) in [7, 11) is 0. The van der Waals surface area contributed by atoms with Crippen molar-refractivity contribution in [1.82, 2.24) is 0 Å². The summed E-state index contributed by atoms with van der Waals surface area (Å²) in [4.78, 5) is 0. The van der Waals surface area contributed by atoms with Gasteiger partial charge >= 0.3 is 17.1 Å². The van der Waals surface area contributed by atoms with Gasteiger partial charge in [0.05, 0.1) is 0 Å². The molecule has 174 valence electrons. The van der Waals surface area contributed by atoms with Gasteiger partial charge in [0.15, 0.2) is 0 Å². The second kappa shape index (κ2) is 20.5. The first-order chi connectivity index (χ1) is 14.7. The molecule has 0 amide bonds. The Hall–Kier alpha value is -1.44. The maximum absolute atomic E-state index is 11.6. The third kappa shape index (κ3) is 15.1. The van der Waals surface area contributed by atoms with Gasteiger partial charge in [-0.05, 0) is 24.0 Å². The van der Waals surface area contributed by atoms with Crippen molar-refractivity contribution in [3.05, 3.63) is 71.3 Å². The van der Waals surface area contributed by atoms with Crippen molar-refractivity contribution in [2.75, 3.05) is 0 Å². The SMILES string of the molecule is CCCCCCCCC([O-])=C1C=CC=C1.CCCCCCCCC([O-])=C1C=CC=C1.[Fe+2]. The molecule has 0 spiro atoms. The van der Waals surface area contributed by atoms with Crippen LogP contribution in [0.5, 0.6) is 0 Å². The zero-order valence-electron chi connectivity index (χ0n) is 19.7. The number of unbranched alkanes of at least 4 members (excludes halogenated alkanes) is 10. The van der Waals surface area contributed by atoms with E-state index >= 15 is 0 Å². The number of hydrogen-bond acceptors (Lipinski definition) is 2. The molecule has 0 atom stereocenters. The molecule has 0 aromatic rings. The molecule has 2 nitrogen and oxygen atoms in total. The Kier molecular flexibility index (Phi) is 19.5. The van der Waals surface area contributed by atoms with E-state index in [0.717, 1.165) is 36.8 Å². The molecule has 0 N–H and O–H groups in total. The summed E-state index contributed by atoms with van der Waals surface area (Å²) in [6.07, 6.45) is 31.7. The minimum absolute atomic E-state index is 0. The molecule has 2 aliphatic carbocycles. The maximum Gasteiger partial charge on any atom is 2.00 e. The fraction of sp³-hybridized carbons (Fsp3) is 0.571. The molecular weight excluding hydrogens is 424 g/mol. The van der Waals surface area contributed by atoms with Gasteiger partial charge in [-0.1, -0.05) is 140 Å². The summed E-state index contributed by atoms with van der Waals surface area (Å²) >= 11 is 0. The molecular formula is C28H42FeO2. The van der Waals surface area contributed by atoms with Crippen molar-refractivity contribution in [2.24, 2.45) is 0 Å². The fourth-order valence-electron chi connectivity index (χ4n) is 3.54. The summed E-state index contributed by atoms with van der Waals surface area (Å²) in [5.74, 6) is 0.603. The van der Waals surface area contributed by atoms with Gasteiger partial charge in [0, 0.05) is 0 Å². The van der Waals surface area contributed by atoms with Gasteiger partial charge in [-0.25, -0.2) is 0 Å². The minimum Gasteiger partial charge on any atom is -0.875 e. The molecule has 0 unspecified atom stereocenters. The summed E-state index contributed by atoms with van der Waals surface area (Å²) in [6.45, 7) is 4.44. The van der Waals surface area contributed by atoms with E-state index in [0.29, 0.717) is 11.5 Å². The molecule has 0 radical (unpaired) electrons. The van der Waals surface area contributed by atoms with Crippen molar-refractivity contribution in [1.29, 1.82) is 0 Å². The van der Waals surface area contributed by atoms with E-state index in [1.54, 1.807) is 0 Å². The summed E-state index contributed by atoms with van der Waals surface area (Å²) in [6, 6.07) is 0. The molecule has 0 aromatic carbocycles. The van der Waals surface area contributed by atoms with Crippen molar-refractivity contribution in [3.63, 3.8) is 0 Å². The first-order valence-corrected chi connectivity index (χ1v) is 12.2. The smallest absolute Gasteiger partial charge is 0.875 e. The van der Waals surface area contributed by atoms with Crippen LogP contribution in [0, 0.1) is 0 Å². The largest absolute Gasteiger partial charge is 2.00 e. The average molecular weight is 466 g/mol. The van der Waals surface area contributed by atoms with Crippen LogP contribution in [0.15, 0.2) is 71.3 Å².